The summed E-state index contributed by atoms with van der Waals surface area (Å²) in [5.74, 6) is 1.84. The molecule has 0 saturated carbocycles. The van der Waals surface area contributed by atoms with Crippen LogP contribution in [0.5, 0.6) is 11.5 Å². The van der Waals surface area contributed by atoms with Crippen LogP contribution in [0, 0.1) is 6.92 Å². The normalized spacial score (nSPS) is 10.6. The van der Waals surface area contributed by atoms with Gasteiger partial charge in [0.05, 0.1) is 5.75 Å². The Balaban J connectivity index is 1.28. The van der Waals surface area contributed by atoms with Crippen LogP contribution in [0.3, 0.4) is 0 Å². The van der Waals surface area contributed by atoms with Crippen molar-refractivity contribution in [2.75, 3.05) is 11.1 Å². The summed E-state index contributed by atoms with van der Waals surface area (Å²) in [4.78, 5) is 16.2. The standard InChI is InChI=1S/C22H18N4O3S/c1-15-3-2-4-19(13-15)28-18-7-5-17(6-8-18)24-20(27)14-30-22-26-25-21(29-22)16-9-11-23-12-10-16/h2-13H,14H2,1H3,(H,24,27). The maximum Gasteiger partial charge on any atom is 0.277 e. The molecule has 0 radical (unpaired) electrons. The molecule has 0 atom stereocenters. The van der Waals surface area contributed by atoms with E-state index in [-0.39, 0.29) is 11.7 Å². The van der Waals surface area contributed by atoms with E-state index in [2.05, 4.69) is 20.5 Å². The number of pyridine rings is 1. The number of hydrogen-bond acceptors (Lipinski definition) is 7. The minimum Gasteiger partial charge on any atom is -0.457 e. The van der Waals surface area contributed by atoms with Crippen molar-refractivity contribution in [1.82, 2.24) is 15.2 Å². The first kappa shape index (κ1) is 19.7. The van der Waals surface area contributed by atoms with Crippen molar-refractivity contribution in [2.24, 2.45) is 0 Å². The monoisotopic (exact) mass is 418 g/mol. The van der Waals surface area contributed by atoms with Gasteiger partial charge < -0.3 is 14.5 Å². The van der Waals surface area contributed by atoms with Gasteiger partial charge in [0.15, 0.2) is 0 Å². The molecule has 2 aromatic carbocycles. The Morgan fingerprint density at radius 1 is 1.03 bits per heavy atom. The SMILES string of the molecule is Cc1cccc(Oc2ccc(NC(=O)CSc3nnc(-c4ccncc4)o3)cc2)c1. The first-order chi connectivity index (χ1) is 14.7. The van der Waals surface area contributed by atoms with E-state index in [9.17, 15) is 4.79 Å². The minimum absolute atomic E-state index is 0.152. The zero-order chi connectivity index (χ0) is 20.8. The van der Waals surface area contributed by atoms with Crippen molar-refractivity contribution < 1.29 is 13.9 Å². The van der Waals surface area contributed by atoms with Gasteiger partial charge >= 0.3 is 0 Å². The molecule has 0 saturated heterocycles. The fourth-order valence-corrected chi connectivity index (χ4v) is 3.19. The molecule has 2 aromatic heterocycles. The largest absolute Gasteiger partial charge is 0.457 e. The second-order valence-electron chi connectivity index (χ2n) is 6.39. The van der Waals surface area contributed by atoms with Crippen molar-refractivity contribution in [3.8, 4) is 23.0 Å². The van der Waals surface area contributed by atoms with Gasteiger partial charge in [0.1, 0.15) is 11.5 Å². The molecule has 30 heavy (non-hydrogen) atoms. The number of ether oxygens (including phenoxy) is 1. The van der Waals surface area contributed by atoms with Crippen LogP contribution in [0.2, 0.25) is 0 Å². The van der Waals surface area contributed by atoms with Gasteiger partial charge in [-0.2, -0.15) is 0 Å². The molecule has 1 N–H and O–H groups in total. The number of nitrogens with one attached hydrogen (secondary N) is 1. The highest BCUT2D eigenvalue weighted by Crippen LogP contribution is 2.25. The molecule has 1 amide bonds. The Morgan fingerprint density at radius 2 is 1.83 bits per heavy atom. The van der Waals surface area contributed by atoms with Crippen LogP contribution in [0.25, 0.3) is 11.5 Å². The zero-order valence-electron chi connectivity index (χ0n) is 16.1. The quantitative estimate of drug-likeness (QED) is 0.424. The van der Waals surface area contributed by atoms with Crippen LogP contribution in [0.4, 0.5) is 5.69 Å². The van der Waals surface area contributed by atoms with E-state index in [1.54, 1.807) is 36.7 Å². The molecule has 4 aromatic rings. The van der Waals surface area contributed by atoms with Gasteiger partial charge in [-0.25, -0.2) is 0 Å². The summed E-state index contributed by atoms with van der Waals surface area (Å²) in [7, 11) is 0. The molecule has 0 aliphatic heterocycles. The number of nitrogens with zero attached hydrogens (tertiary/aromatic N) is 3. The maximum atomic E-state index is 12.2. The predicted octanol–water partition coefficient (Wildman–Crippen LogP) is 4.96. The second kappa shape index (κ2) is 9.23. The molecule has 0 aliphatic rings. The van der Waals surface area contributed by atoms with Crippen molar-refractivity contribution in [2.45, 2.75) is 12.1 Å². The number of anilines is 1. The van der Waals surface area contributed by atoms with E-state index in [1.165, 1.54) is 11.8 Å². The van der Waals surface area contributed by atoms with E-state index >= 15 is 0 Å². The average Bonchev–Trinajstić information content (AvgIpc) is 3.24. The van der Waals surface area contributed by atoms with E-state index in [1.807, 2.05) is 43.3 Å². The number of carbonyl (C=O) groups excluding carboxylic acids is 1. The Kier molecular flexibility index (Phi) is 6.05. The van der Waals surface area contributed by atoms with E-state index in [4.69, 9.17) is 9.15 Å². The second-order valence-corrected chi connectivity index (χ2v) is 7.32. The highest BCUT2D eigenvalue weighted by Gasteiger charge is 2.11. The Morgan fingerprint density at radius 3 is 2.60 bits per heavy atom. The van der Waals surface area contributed by atoms with Crippen LogP contribution in [0.1, 0.15) is 5.56 Å². The van der Waals surface area contributed by atoms with Crippen molar-refractivity contribution in [3.63, 3.8) is 0 Å². The van der Waals surface area contributed by atoms with Gasteiger partial charge in [0.2, 0.25) is 11.8 Å². The van der Waals surface area contributed by atoms with Crippen LogP contribution in [0.15, 0.2) is 82.7 Å². The Bertz CT molecular complexity index is 1130. The van der Waals surface area contributed by atoms with Crippen LogP contribution in [-0.2, 0) is 4.79 Å². The molecule has 7 nitrogen and oxygen atoms in total. The van der Waals surface area contributed by atoms with Crippen molar-refractivity contribution in [1.29, 1.82) is 0 Å². The molecular weight excluding hydrogens is 400 g/mol. The Labute approximate surface area is 177 Å². The van der Waals surface area contributed by atoms with Gasteiger partial charge in [-0.05, 0) is 61.0 Å². The Hall–Kier alpha value is -3.65. The lowest BCUT2D eigenvalue weighted by molar-refractivity contribution is -0.113. The van der Waals surface area contributed by atoms with Crippen molar-refractivity contribution >= 4 is 23.4 Å². The summed E-state index contributed by atoms with van der Waals surface area (Å²) in [6.45, 7) is 2.01. The van der Waals surface area contributed by atoms with E-state index in [0.717, 1.165) is 16.9 Å². The predicted molar refractivity (Wildman–Crippen MR) is 115 cm³/mol. The lowest BCUT2D eigenvalue weighted by Gasteiger charge is -2.08. The number of thioether (sulfide) groups is 1. The first-order valence-electron chi connectivity index (χ1n) is 9.17. The number of aryl methyl sites for hydroxylation is 1. The number of amides is 1. The highest BCUT2D eigenvalue weighted by molar-refractivity contribution is 7.99. The smallest absolute Gasteiger partial charge is 0.277 e. The van der Waals surface area contributed by atoms with Gasteiger partial charge in [-0.3, -0.25) is 9.78 Å². The minimum atomic E-state index is -0.170. The topological polar surface area (TPSA) is 90.1 Å². The summed E-state index contributed by atoms with van der Waals surface area (Å²) in [6, 6.07) is 18.6. The summed E-state index contributed by atoms with van der Waals surface area (Å²) >= 11 is 1.18. The first-order valence-corrected chi connectivity index (χ1v) is 10.2. The van der Waals surface area contributed by atoms with Crippen LogP contribution < -0.4 is 10.1 Å². The van der Waals surface area contributed by atoms with Gasteiger partial charge in [0, 0.05) is 23.6 Å². The van der Waals surface area contributed by atoms with Gasteiger partial charge in [0.25, 0.3) is 5.22 Å². The molecule has 0 aliphatic carbocycles. The number of rotatable bonds is 7. The fourth-order valence-electron chi connectivity index (χ4n) is 2.62. The molecule has 2 heterocycles. The van der Waals surface area contributed by atoms with E-state index in [0.29, 0.717) is 22.6 Å². The lowest BCUT2D eigenvalue weighted by Crippen LogP contribution is -2.13. The van der Waals surface area contributed by atoms with Crippen molar-refractivity contribution in [3.05, 3.63) is 78.6 Å². The molecule has 0 spiro atoms. The summed E-state index contributed by atoms with van der Waals surface area (Å²) in [5, 5.41) is 11.1. The van der Waals surface area contributed by atoms with Gasteiger partial charge in [-0.1, -0.05) is 23.9 Å². The average molecular weight is 418 g/mol. The zero-order valence-corrected chi connectivity index (χ0v) is 16.9. The molecule has 4 rings (SSSR count). The maximum absolute atomic E-state index is 12.2. The van der Waals surface area contributed by atoms with Crippen LogP contribution in [-0.4, -0.2) is 26.8 Å². The molecule has 150 valence electrons. The van der Waals surface area contributed by atoms with Gasteiger partial charge in [-0.15, -0.1) is 10.2 Å². The summed E-state index contributed by atoms with van der Waals surface area (Å²) in [6.07, 6.45) is 3.30. The molecular formula is C22H18N4O3S. The summed E-state index contributed by atoms with van der Waals surface area (Å²) < 4.78 is 11.4. The molecule has 0 fully saturated rings. The number of aromatic nitrogens is 3. The highest BCUT2D eigenvalue weighted by atomic mass is 32.2. The van der Waals surface area contributed by atoms with E-state index < -0.39 is 0 Å². The number of hydrogen-bond donors (Lipinski definition) is 1. The molecule has 8 heteroatoms. The third-order valence-electron chi connectivity index (χ3n) is 4.02. The third kappa shape index (κ3) is 5.24. The lowest BCUT2D eigenvalue weighted by atomic mass is 10.2. The molecule has 0 unspecified atom stereocenters. The third-order valence-corrected chi connectivity index (χ3v) is 4.84. The van der Waals surface area contributed by atoms with Crippen LogP contribution >= 0.6 is 11.8 Å². The fraction of sp³-hybridized carbons (Fsp3) is 0.0909. The molecule has 0 bridgehead atoms. The summed E-state index contributed by atoms with van der Waals surface area (Å²) in [5.41, 5.74) is 2.59. The number of carbonyl (C=O) groups is 1. The number of benzene rings is 2.